The van der Waals surface area contributed by atoms with Crippen molar-refractivity contribution < 1.29 is 24.3 Å². The topological polar surface area (TPSA) is 91.8 Å². The molecule has 2 aliphatic rings. The Labute approximate surface area is 168 Å². The quantitative estimate of drug-likeness (QED) is 0.624. The van der Waals surface area contributed by atoms with E-state index in [1.807, 2.05) is 6.07 Å². The number of imide groups is 1. The Balaban J connectivity index is 1.57. The summed E-state index contributed by atoms with van der Waals surface area (Å²) in [6.45, 7) is 3.25. The highest BCUT2D eigenvalue weighted by molar-refractivity contribution is 6.21. The van der Waals surface area contributed by atoms with Gasteiger partial charge < -0.3 is 5.11 Å². The third-order valence-electron chi connectivity index (χ3n) is 5.78. The zero-order valence-electron chi connectivity index (χ0n) is 16.3. The molecule has 0 aromatic heterocycles. The van der Waals surface area contributed by atoms with Crippen LogP contribution in [-0.2, 0) is 17.6 Å². The first-order chi connectivity index (χ1) is 13.7. The largest absolute Gasteiger partial charge is 0.481 e. The molecule has 0 radical (unpaired) electrons. The van der Waals surface area contributed by atoms with E-state index < -0.39 is 11.4 Å². The van der Waals surface area contributed by atoms with E-state index in [0.29, 0.717) is 29.5 Å². The van der Waals surface area contributed by atoms with Gasteiger partial charge in [-0.2, -0.15) is 0 Å². The Kier molecular flexibility index (Phi) is 4.37. The monoisotopic (exact) mass is 391 g/mol. The number of hydrogen-bond acceptors (Lipinski definition) is 4. The highest BCUT2D eigenvalue weighted by Gasteiger charge is 2.42. The summed E-state index contributed by atoms with van der Waals surface area (Å²) in [5, 5.41) is 9.06. The number of fused-ring (bicyclic) bond motifs is 2. The summed E-state index contributed by atoms with van der Waals surface area (Å²) in [5.74, 6) is -1.80. The molecular formula is C23H21NO5. The number of carbonyl (C=O) groups excluding carboxylic acids is 3. The molecule has 0 spiro atoms. The van der Waals surface area contributed by atoms with Gasteiger partial charge >= 0.3 is 5.97 Å². The molecular weight excluding hydrogens is 370 g/mol. The van der Waals surface area contributed by atoms with Crippen LogP contribution < -0.4 is 0 Å². The maximum Gasteiger partial charge on any atom is 0.304 e. The summed E-state index contributed by atoms with van der Waals surface area (Å²) >= 11 is 0. The van der Waals surface area contributed by atoms with Gasteiger partial charge in [0.2, 0.25) is 0 Å². The second-order valence-corrected chi connectivity index (χ2v) is 8.35. The van der Waals surface area contributed by atoms with Gasteiger partial charge in [-0.1, -0.05) is 38.1 Å². The number of carboxylic acid groups (broad SMARTS) is 1. The predicted molar refractivity (Wildman–Crippen MR) is 105 cm³/mol. The molecule has 2 aromatic carbocycles. The predicted octanol–water partition coefficient (Wildman–Crippen LogP) is 3.13. The molecule has 6 heteroatoms. The SMILES string of the molecule is CC(C)(CC(=O)O)C(=O)c1ccc2c(c1)CC(N1C(=O)c3ccccc3C1=O)C2. The molecule has 6 nitrogen and oxygen atoms in total. The van der Waals surface area contributed by atoms with Crippen molar-refractivity contribution in [3.63, 3.8) is 0 Å². The minimum Gasteiger partial charge on any atom is -0.481 e. The van der Waals surface area contributed by atoms with E-state index in [9.17, 15) is 19.2 Å². The minimum atomic E-state index is -1.02. The van der Waals surface area contributed by atoms with Crippen molar-refractivity contribution in [2.24, 2.45) is 5.41 Å². The van der Waals surface area contributed by atoms with Crippen LogP contribution in [0, 0.1) is 5.41 Å². The molecule has 1 aliphatic carbocycles. The van der Waals surface area contributed by atoms with Crippen LogP contribution in [0.1, 0.15) is 62.5 Å². The van der Waals surface area contributed by atoms with E-state index >= 15 is 0 Å². The molecule has 1 atom stereocenters. The molecule has 0 bridgehead atoms. The van der Waals surface area contributed by atoms with Gasteiger partial charge in [0.15, 0.2) is 5.78 Å². The lowest BCUT2D eigenvalue weighted by Crippen LogP contribution is -2.40. The molecule has 0 saturated heterocycles. The summed E-state index contributed by atoms with van der Waals surface area (Å²) in [7, 11) is 0. The fraction of sp³-hybridized carbons (Fsp3) is 0.304. The molecule has 0 saturated carbocycles. The van der Waals surface area contributed by atoms with Gasteiger partial charge in [-0.15, -0.1) is 0 Å². The lowest BCUT2D eigenvalue weighted by molar-refractivity contribution is -0.138. The lowest BCUT2D eigenvalue weighted by atomic mass is 9.81. The van der Waals surface area contributed by atoms with Gasteiger partial charge in [0.1, 0.15) is 0 Å². The van der Waals surface area contributed by atoms with E-state index in [2.05, 4.69) is 0 Å². The normalized spacial score (nSPS) is 18.0. The first-order valence-electron chi connectivity index (χ1n) is 9.54. The van der Waals surface area contributed by atoms with Crippen molar-refractivity contribution in [2.75, 3.05) is 0 Å². The van der Waals surface area contributed by atoms with Gasteiger partial charge in [-0.25, -0.2) is 0 Å². The number of benzene rings is 2. The van der Waals surface area contributed by atoms with Crippen LogP contribution in [0.4, 0.5) is 0 Å². The zero-order chi connectivity index (χ0) is 20.9. The van der Waals surface area contributed by atoms with E-state index in [4.69, 9.17) is 5.11 Å². The van der Waals surface area contributed by atoms with Crippen molar-refractivity contribution in [1.29, 1.82) is 0 Å². The first kappa shape index (κ1) is 19.1. The van der Waals surface area contributed by atoms with Gasteiger partial charge in [-0.3, -0.25) is 24.1 Å². The molecule has 1 aliphatic heterocycles. The number of rotatable bonds is 5. The Bertz CT molecular complexity index is 1030. The van der Waals surface area contributed by atoms with E-state index in [1.54, 1.807) is 50.2 Å². The Morgan fingerprint density at radius 2 is 1.59 bits per heavy atom. The van der Waals surface area contributed by atoms with Gasteiger partial charge in [0.25, 0.3) is 11.8 Å². The molecule has 29 heavy (non-hydrogen) atoms. The van der Waals surface area contributed by atoms with Crippen LogP contribution in [0.25, 0.3) is 0 Å². The fourth-order valence-corrected chi connectivity index (χ4v) is 4.31. The standard InChI is InChI=1S/C23H21NO5/c1-23(2,12-19(25)26)20(27)14-8-7-13-10-16(11-15(13)9-14)24-21(28)17-5-3-4-6-18(17)22(24)29/h3-9,16H,10-12H2,1-2H3,(H,25,26). The van der Waals surface area contributed by atoms with E-state index in [-0.39, 0.29) is 30.1 Å². The maximum atomic E-state index is 12.8. The number of amides is 2. The lowest BCUT2D eigenvalue weighted by Gasteiger charge is -2.21. The molecule has 4 rings (SSSR count). The number of aliphatic carboxylic acids is 1. The summed E-state index contributed by atoms with van der Waals surface area (Å²) in [4.78, 5) is 50.7. The Morgan fingerprint density at radius 3 is 2.17 bits per heavy atom. The first-order valence-corrected chi connectivity index (χ1v) is 9.54. The van der Waals surface area contributed by atoms with Crippen molar-refractivity contribution in [2.45, 2.75) is 39.2 Å². The number of carbonyl (C=O) groups is 4. The average molecular weight is 391 g/mol. The van der Waals surface area contributed by atoms with Crippen molar-refractivity contribution in [1.82, 2.24) is 4.90 Å². The van der Waals surface area contributed by atoms with Gasteiger partial charge in [0.05, 0.1) is 17.5 Å². The second-order valence-electron chi connectivity index (χ2n) is 8.35. The van der Waals surface area contributed by atoms with Crippen LogP contribution in [-0.4, -0.2) is 39.6 Å². The smallest absolute Gasteiger partial charge is 0.304 e. The van der Waals surface area contributed by atoms with Crippen LogP contribution in [0.5, 0.6) is 0 Å². The third-order valence-corrected chi connectivity index (χ3v) is 5.78. The molecule has 2 aromatic rings. The molecule has 148 valence electrons. The van der Waals surface area contributed by atoms with Gasteiger partial charge in [0, 0.05) is 17.0 Å². The highest BCUT2D eigenvalue weighted by Crippen LogP contribution is 2.34. The van der Waals surface area contributed by atoms with Crippen molar-refractivity contribution in [3.05, 3.63) is 70.3 Å². The number of nitrogens with zero attached hydrogens (tertiary/aromatic N) is 1. The van der Waals surface area contributed by atoms with Crippen molar-refractivity contribution >= 4 is 23.6 Å². The second kappa shape index (κ2) is 6.65. The molecule has 2 amide bonds. The van der Waals surface area contributed by atoms with Crippen LogP contribution in [0.2, 0.25) is 0 Å². The summed E-state index contributed by atoms with van der Waals surface area (Å²) in [6, 6.07) is 11.9. The van der Waals surface area contributed by atoms with Crippen LogP contribution in [0.3, 0.4) is 0 Å². The van der Waals surface area contributed by atoms with E-state index in [0.717, 1.165) is 11.1 Å². The number of carboxylic acids is 1. The molecule has 1 heterocycles. The molecule has 1 N–H and O–H groups in total. The number of Topliss-reactive ketones (excluding diaryl/α,β-unsaturated/α-hetero) is 1. The van der Waals surface area contributed by atoms with E-state index in [1.165, 1.54) is 4.90 Å². The highest BCUT2D eigenvalue weighted by atomic mass is 16.4. The van der Waals surface area contributed by atoms with Crippen molar-refractivity contribution in [3.8, 4) is 0 Å². The summed E-state index contributed by atoms with van der Waals surface area (Å²) in [5.41, 5.74) is 2.22. The average Bonchev–Trinajstić information content (AvgIpc) is 3.18. The number of hydrogen-bond donors (Lipinski definition) is 1. The zero-order valence-corrected chi connectivity index (χ0v) is 16.3. The maximum absolute atomic E-state index is 12.8. The van der Waals surface area contributed by atoms with Crippen LogP contribution in [0.15, 0.2) is 42.5 Å². The van der Waals surface area contributed by atoms with Crippen LogP contribution >= 0.6 is 0 Å². The fourth-order valence-electron chi connectivity index (χ4n) is 4.31. The molecule has 1 unspecified atom stereocenters. The summed E-state index contributed by atoms with van der Waals surface area (Å²) in [6.07, 6.45) is 0.787. The Morgan fingerprint density at radius 1 is 1.00 bits per heavy atom. The third kappa shape index (κ3) is 3.14. The Hall–Kier alpha value is -3.28. The minimum absolute atomic E-state index is 0.230. The summed E-state index contributed by atoms with van der Waals surface area (Å²) < 4.78 is 0. The number of ketones is 1. The van der Waals surface area contributed by atoms with Gasteiger partial charge in [-0.05, 0) is 42.2 Å². The molecule has 0 fully saturated rings.